The second kappa shape index (κ2) is 11.8. The van der Waals surface area contributed by atoms with Gasteiger partial charge in [0.05, 0.1) is 18.9 Å². The van der Waals surface area contributed by atoms with E-state index in [2.05, 4.69) is 49.2 Å². The number of nitrogens with zero attached hydrogens (tertiary/aromatic N) is 1. The van der Waals surface area contributed by atoms with Gasteiger partial charge in [0.15, 0.2) is 0 Å². The third kappa shape index (κ3) is 6.48. The van der Waals surface area contributed by atoms with Crippen LogP contribution in [0, 0.1) is 0 Å². The van der Waals surface area contributed by atoms with Crippen molar-refractivity contribution in [2.75, 3.05) is 13.2 Å². The summed E-state index contributed by atoms with van der Waals surface area (Å²) in [5, 5.41) is 0. The minimum absolute atomic E-state index is 0.701. The van der Waals surface area contributed by atoms with E-state index in [-0.39, 0.29) is 0 Å². The Balaban J connectivity index is 1.84. The molecule has 30 heavy (non-hydrogen) atoms. The normalized spacial score (nSPS) is 11.0. The van der Waals surface area contributed by atoms with Gasteiger partial charge >= 0.3 is 0 Å². The first-order chi connectivity index (χ1) is 14.8. The van der Waals surface area contributed by atoms with Gasteiger partial charge in [-0.15, -0.1) is 0 Å². The van der Waals surface area contributed by atoms with Crippen LogP contribution in [0.5, 0.6) is 11.5 Å². The lowest BCUT2D eigenvalue weighted by Gasteiger charge is -2.12. The molecule has 0 aromatic heterocycles. The highest BCUT2D eigenvalue weighted by molar-refractivity contribution is 5.87. The average Bonchev–Trinajstić information content (AvgIpc) is 2.79. The van der Waals surface area contributed by atoms with Crippen LogP contribution in [0.25, 0.3) is 11.1 Å². The summed E-state index contributed by atoms with van der Waals surface area (Å²) in [5.74, 6) is 1.77. The van der Waals surface area contributed by atoms with Crippen LogP contribution in [0.1, 0.15) is 45.1 Å². The molecule has 0 aliphatic carbocycles. The Hall–Kier alpha value is -3.07. The second-order valence-corrected chi connectivity index (χ2v) is 7.28. The molecule has 0 saturated carbocycles. The second-order valence-electron chi connectivity index (χ2n) is 7.28. The van der Waals surface area contributed by atoms with Crippen molar-refractivity contribution in [1.29, 1.82) is 0 Å². The van der Waals surface area contributed by atoms with Gasteiger partial charge in [-0.2, -0.15) is 0 Å². The highest BCUT2D eigenvalue weighted by atomic mass is 16.5. The molecule has 0 fully saturated rings. The van der Waals surface area contributed by atoms with Crippen molar-refractivity contribution >= 4 is 11.9 Å². The average molecular weight is 402 g/mol. The molecule has 156 valence electrons. The van der Waals surface area contributed by atoms with E-state index >= 15 is 0 Å². The minimum atomic E-state index is 0.701. The molecule has 0 saturated heterocycles. The van der Waals surface area contributed by atoms with Crippen molar-refractivity contribution < 1.29 is 9.47 Å². The number of rotatable bonds is 11. The molecular formula is C27H31NO2. The van der Waals surface area contributed by atoms with E-state index in [1.165, 1.54) is 0 Å². The predicted molar refractivity (Wildman–Crippen MR) is 126 cm³/mol. The largest absolute Gasteiger partial charge is 0.494 e. The van der Waals surface area contributed by atoms with E-state index < -0.39 is 0 Å². The topological polar surface area (TPSA) is 30.8 Å². The SMILES string of the molecule is CCCCOc1cccc(-c2ccc(/C=N/c3ccccc3)c(OCCCC)c2)c1. The Labute approximate surface area is 180 Å². The zero-order chi connectivity index (χ0) is 21.0. The standard InChI is InChI=1S/C27H31NO2/c1-3-5-17-29-26-14-10-11-22(19-26)23-15-16-24(27(20-23)30-18-6-4-2)21-28-25-12-8-7-9-13-25/h7-16,19-21H,3-6,17-18H2,1-2H3/b28-21+. The monoisotopic (exact) mass is 401 g/mol. The molecule has 0 unspecified atom stereocenters. The van der Waals surface area contributed by atoms with Gasteiger partial charge in [-0.25, -0.2) is 0 Å². The molecule has 0 spiro atoms. The van der Waals surface area contributed by atoms with Gasteiger partial charge in [0.25, 0.3) is 0 Å². The maximum Gasteiger partial charge on any atom is 0.128 e. The summed E-state index contributed by atoms with van der Waals surface area (Å²) in [4.78, 5) is 4.60. The predicted octanol–water partition coefficient (Wildman–Crippen LogP) is 7.46. The lowest BCUT2D eigenvalue weighted by Crippen LogP contribution is -2.00. The number of benzene rings is 3. The smallest absolute Gasteiger partial charge is 0.128 e. The molecule has 0 N–H and O–H groups in total. The first-order valence-electron chi connectivity index (χ1n) is 10.9. The van der Waals surface area contributed by atoms with Crippen LogP contribution in [-0.4, -0.2) is 19.4 Å². The number of hydrogen-bond acceptors (Lipinski definition) is 3. The lowest BCUT2D eigenvalue weighted by molar-refractivity contribution is 0.308. The molecule has 3 aromatic rings. The maximum absolute atomic E-state index is 6.12. The Morgan fingerprint density at radius 2 is 1.47 bits per heavy atom. The number of unbranched alkanes of at least 4 members (excludes halogenated alkanes) is 2. The molecule has 0 amide bonds. The zero-order valence-electron chi connectivity index (χ0n) is 18.0. The third-order valence-electron chi connectivity index (χ3n) is 4.81. The van der Waals surface area contributed by atoms with Crippen molar-refractivity contribution in [3.63, 3.8) is 0 Å². The summed E-state index contributed by atoms with van der Waals surface area (Å²) in [5.41, 5.74) is 4.14. The fraction of sp³-hybridized carbons (Fsp3) is 0.296. The van der Waals surface area contributed by atoms with Crippen molar-refractivity contribution in [2.45, 2.75) is 39.5 Å². The minimum Gasteiger partial charge on any atom is -0.494 e. The summed E-state index contributed by atoms with van der Waals surface area (Å²) in [6.07, 6.45) is 6.20. The molecule has 0 aliphatic rings. The Morgan fingerprint density at radius 1 is 0.733 bits per heavy atom. The van der Waals surface area contributed by atoms with Gasteiger partial charge in [0, 0.05) is 11.8 Å². The molecule has 0 radical (unpaired) electrons. The number of hydrogen-bond donors (Lipinski definition) is 0. The van der Waals surface area contributed by atoms with Gasteiger partial charge in [-0.05, 0) is 60.4 Å². The summed E-state index contributed by atoms with van der Waals surface area (Å²) in [6.45, 7) is 5.79. The summed E-state index contributed by atoms with van der Waals surface area (Å²) >= 11 is 0. The summed E-state index contributed by atoms with van der Waals surface area (Å²) in [7, 11) is 0. The number of aliphatic imine (C=N–C) groups is 1. The van der Waals surface area contributed by atoms with E-state index in [4.69, 9.17) is 9.47 Å². The van der Waals surface area contributed by atoms with E-state index in [0.29, 0.717) is 6.61 Å². The van der Waals surface area contributed by atoms with Gasteiger partial charge in [0.2, 0.25) is 0 Å². The zero-order valence-corrected chi connectivity index (χ0v) is 18.0. The first-order valence-corrected chi connectivity index (χ1v) is 10.9. The van der Waals surface area contributed by atoms with E-state index in [1.54, 1.807) is 0 Å². The Bertz CT molecular complexity index is 935. The molecular weight excluding hydrogens is 370 g/mol. The number of ether oxygens (including phenoxy) is 2. The van der Waals surface area contributed by atoms with Crippen LogP contribution in [-0.2, 0) is 0 Å². The quantitative estimate of drug-likeness (QED) is 0.246. The molecule has 3 rings (SSSR count). The van der Waals surface area contributed by atoms with Crippen LogP contribution in [0.2, 0.25) is 0 Å². The molecule has 3 nitrogen and oxygen atoms in total. The van der Waals surface area contributed by atoms with Crippen LogP contribution < -0.4 is 9.47 Å². The van der Waals surface area contributed by atoms with Crippen LogP contribution in [0.4, 0.5) is 5.69 Å². The van der Waals surface area contributed by atoms with Gasteiger partial charge < -0.3 is 9.47 Å². The van der Waals surface area contributed by atoms with Crippen molar-refractivity contribution in [3.8, 4) is 22.6 Å². The van der Waals surface area contributed by atoms with Crippen LogP contribution >= 0.6 is 0 Å². The van der Waals surface area contributed by atoms with E-state index in [1.807, 2.05) is 48.7 Å². The fourth-order valence-corrected chi connectivity index (χ4v) is 3.03. The molecule has 0 heterocycles. The van der Waals surface area contributed by atoms with E-state index in [9.17, 15) is 0 Å². The Morgan fingerprint density at radius 3 is 2.23 bits per heavy atom. The first kappa shape index (κ1) is 21.6. The van der Waals surface area contributed by atoms with Gasteiger partial charge in [-0.3, -0.25) is 4.99 Å². The van der Waals surface area contributed by atoms with Crippen LogP contribution in [0.3, 0.4) is 0 Å². The van der Waals surface area contributed by atoms with Crippen LogP contribution in [0.15, 0.2) is 77.8 Å². The maximum atomic E-state index is 6.12. The molecule has 3 heteroatoms. The summed E-state index contributed by atoms with van der Waals surface area (Å²) < 4.78 is 12.0. The third-order valence-corrected chi connectivity index (χ3v) is 4.81. The molecule has 0 aliphatic heterocycles. The highest BCUT2D eigenvalue weighted by Crippen LogP contribution is 2.29. The van der Waals surface area contributed by atoms with Crippen molar-refractivity contribution in [2.24, 2.45) is 4.99 Å². The molecule has 3 aromatic carbocycles. The van der Waals surface area contributed by atoms with Crippen molar-refractivity contribution in [3.05, 3.63) is 78.4 Å². The van der Waals surface area contributed by atoms with Crippen molar-refractivity contribution in [1.82, 2.24) is 0 Å². The highest BCUT2D eigenvalue weighted by Gasteiger charge is 2.07. The molecule has 0 bridgehead atoms. The Kier molecular flexibility index (Phi) is 8.52. The molecule has 0 atom stereocenters. The van der Waals surface area contributed by atoms with E-state index in [0.717, 1.165) is 66.2 Å². The number of para-hydroxylation sites is 1. The lowest BCUT2D eigenvalue weighted by atomic mass is 10.0. The fourth-order valence-electron chi connectivity index (χ4n) is 3.03. The van der Waals surface area contributed by atoms with Gasteiger partial charge in [-0.1, -0.05) is 63.1 Å². The van der Waals surface area contributed by atoms with Gasteiger partial charge in [0.1, 0.15) is 11.5 Å². The summed E-state index contributed by atoms with van der Waals surface area (Å²) in [6, 6.07) is 24.5.